The summed E-state index contributed by atoms with van der Waals surface area (Å²) in [5.74, 6) is -0.889. The van der Waals surface area contributed by atoms with Gasteiger partial charge in [0.25, 0.3) is 11.5 Å². The molecular weight excluding hydrogens is 296 g/mol. The number of hydrogen-bond donors (Lipinski definition) is 2. The molecule has 0 bridgehead atoms. The number of fused-ring (bicyclic) bond motifs is 1. The van der Waals surface area contributed by atoms with Crippen molar-refractivity contribution in [3.05, 3.63) is 58.1 Å². The van der Waals surface area contributed by atoms with Crippen LogP contribution in [0.3, 0.4) is 0 Å². The largest absolute Gasteiger partial charge is 0.507 e. The van der Waals surface area contributed by atoms with Gasteiger partial charge in [-0.2, -0.15) is 0 Å². The van der Waals surface area contributed by atoms with Gasteiger partial charge in [-0.05, 0) is 19.1 Å². The lowest BCUT2D eigenvalue weighted by Crippen LogP contribution is -2.29. The highest BCUT2D eigenvalue weighted by atomic mass is 16.3. The molecule has 116 valence electrons. The van der Waals surface area contributed by atoms with Gasteiger partial charge in [-0.3, -0.25) is 14.6 Å². The summed E-state index contributed by atoms with van der Waals surface area (Å²) in [4.78, 5) is 32.9. The Hall–Kier alpha value is -3.22. The number of para-hydroxylation sites is 2. The molecule has 7 nitrogen and oxygen atoms in total. The monoisotopic (exact) mass is 310 g/mol. The average molecular weight is 310 g/mol. The molecule has 0 aliphatic heterocycles. The fraction of sp³-hybridized carbons (Fsp3) is 0.125. The third-order valence-electron chi connectivity index (χ3n) is 3.57. The van der Waals surface area contributed by atoms with Crippen LogP contribution in [0.5, 0.6) is 5.75 Å². The molecule has 23 heavy (non-hydrogen) atoms. The molecule has 0 spiro atoms. The highest BCUT2D eigenvalue weighted by molar-refractivity contribution is 6.05. The zero-order valence-electron chi connectivity index (χ0n) is 12.6. The van der Waals surface area contributed by atoms with E-state index >= 15 is 0 Å². The van der Waals surface area contributed by atoms with Gasteiger partial charge in [0, 0.05) is 18.8 Å². The summed E-state index contributed by atoms with van der Waals surface area (Å²) in [6, 6.07) is 8.58. The van der Waals surface area contributed by atoms with Gasteiger partial charge in [-0.25, -0.2) is 4.98 Å². The van der Waals surface area contributed by atoms with E-state index in [-0.39, 0.29) is 17.1 Å². The number of carbonyl (C=O) groups is 1. The smallest absolute Gasteiger partial charge is 0.267 e. The Kier molecular flexibility index (Phi) is 3.53. The van der Waals surface area contributed by atoms with E-state index in [1.165, 1.54) is 23.9 Å². The lowest BCUT2D eigenvalue weighted by Gasteiger charge is -2.09. The maximum atomic E-state index is 12.3. The fourth-order valence-corrected chi connectivity index (χ4v) is 2.21. The average Bonchev–Trinajstić information content (AvgIpc) is 2.52. The molecular formula is C16H14N4O3. The maximum absolute atomic E-state index is 12.3. The molecule has 2 N–H and O–H groups in total. The molecule has 0 saturated carbocycles. The van der Waals surface area contributed by atoms with E-state index in [1.807, 2.05) is 12.1 Å². The van der Waals surface area contributed by atoms with Crippen molar-refractivity contribution in [3.8, 4) is 5.75 Å². The van der Waals surface area contributed by atoms with Crippen molar-refractivity contribution in [1.82, 2.24) is 14.5 Å². The molecule has 1 amide bonds. The Morgan fingerprint density at radius 1 is 1.26 bits per heavy atom. The molecule has 3 rings (SSSR count). The SMILES string of the molecule is Cc1cc(O)c(C(=O)Nc2cnc3ccccc3n2)c(=O)n1C. The molecule has 0 saturated heterocycles. The van der Waals surface area contributed by atoms with E-state index in [4.69, 9.17) is 0 Å². The summed E-state index contributed by atoms with van der Waals surface area (Å²) in [5, 5.41) is 12.4. The van der Waals surface area contributed by atoms with Crippen LogP contribution in [0.25, 0.3) is 11.0 Å². The Bertz CT molecular complexity index is 979. The van der Waals surface area contributed by atoms with E-state index in [1.54, 1.807) is 19.1 Å². The number of rotatable bonds is 2. The number of aryl methyl sites for hydroxylation is 1. The number of aromatic nitrogens is 3. The van der Waals surface area contributed by atoms with E-state index in [2.05, 4.69) is 15.3 Å². The minimum absolute atomic E-state index is 0.204. The molecule has 7 heteroatoms. The normalized spacial score (nSPS) is 10.7. The number of nitrogens with zero attached hydrogens (tertiary/aromatic N) is 3. The molecule has 2 aromatic heterocycles. The Labute approximate surface area is 131 Å². The number of anilines is 1. The van der Waals surface area contributed by atoms with Crippen LogP contribution in [0.15, 0.2) is 41.3 Å². The molecule has 0 atom stereocenters. The number of hydrogen-bond acceptors (Lipinski definition) is 5. The number of aromatic hydroxyl groups is 1. The summed E-state index contributed by atoms with van der Waals surface area (Å²) in [6.07, 6.45) is 1.40. The minimum Gasteiger partial charge on any atom is -0.507 e. The van der Waals surface area contributed by atoms with Crippen LogP contribution in [0, 0.1) is 6.92 Å². The second-order valence-corrected chi connectivity index (χ2v) is 5.11. The second-order valence-electron chi connectivity index (χ2n) is 5.11. The molecule has 2 heterocycles. The van der Waals surface area contributed by atoms with Crippen molar-refractivity contribution in [3.63, 3.8) is 0 Å². The first-order valence-electron chi connectivity index (χ1n) is 6.90. The maximum Gasteiger partial charge on any atom is 0.267 e. The molecule has 0 radical (unpaired) electrons. The third kappa shape index (κ3) is 2.64. The first-order chi connectivity index (χ1) is 11.0. The molecule has 0 aliphatic rings. The number of pyridine rings is 1. The predicted octanol–water partition coefficient (Wildman–Crippen LogP) is 1.59. The van der Waals surface area contributed by atoms with Crippen molar-refractivity contribution < 1.29 is 9.90 Å². The van der Waals surface area contributed by atoms with Gasteiger partial charge in [0.2, 0.25) is 0 Å². The van der Waals surface area contributed by atoms with Crippen molar-refractivity contribution >= 4 is 22.8 Å². The van der Waals surface area contributed by atoms with Gasteiger partial charge >= 0.3 is 0 Å². The van der Waals surface area contributed by atoms with E-state index < -0.39 is 11.5 Å². The van der Waals surface area contributed by atoms with Gasteiger partial charge in [-0.15, -0.1) is 0 Å². The van der Waals surface area contributed by atoms with Crippen LogP contribution < -0.4 is 10.9 Å². The second kappa shape index (κ2) is 5.53. The Morgan fingerprint density at radius 3 is 2.70 bits per heavy atom. The van der Waals surface area contributed by atoms with E-state index in [0.29, 0.717) is 16.7 Å². The summed E-state index contributed by atoms with van der Waals surface area (Å²) >= 11 is 0. The fourth-order valence-electron chi connectivity index (χ4n) is 2.21. The van der Waals surface area contributed by atoms with E-state index in [9.17, 15) is 14.7 Å². The number of carbonyl (C=O) groups excluding carboxylic acids is 1. The van der Waals surface area contributed by atoms with Crippen molar-refractivity contribution in [2.45, 2.75) is 6.92 Å². The van der Waals surface area contributed by atoms with Crippen molar-refractivity contribution in [2.24, 2.45) is 7.05 Å². The summed E-state index contributed by atoms with van der Waals surface area (Å²) in [7, 11) is 1.53. The Balaban J connectivity index is 1.98. The van der Waals surface area contributed by atoms with Crippen molar-refractivity contribution in [2.75, 3.05) is 5.32 Å². The van der Waals surface area contributed by atoms with Crippen molar-refractivity contribution in [1.29, 1.82) is 0 Å². The standard InChI is InChI=1S/C16H14N4O3/c1-9-7-12(21)14(16(23)20(9)2)15(22)19-13-8-17-10-5-3-4-6-11(10)18-13/h3-8,21H,1-2H3,(H,18,19,22). The molecule has 0 fully saturated rings. The lowest BCUT2D eigenvalue weighted by molar-refractivity contribution is 0.102. The zero-order chi connectivity index (χ0) is 16.6. The highest BCUT2D eigenvalue weighted by Gasteiger charge is 2.19. The molecule has 0 unspecified atom stereocenters. The topological polar surface area (TPSA) is 97.1 Å². The highest BCUT2D eigenvalue weighted by Crippen LogP contribution is 2.17. The zero-order valence-corrected chi connectivity index (χ0v) is 12.6. The molecule has 3 aromatic rings. The van der Waals surface area contributed by atoms with Crippen LogP contribution >= 0.6 is 0 Å². The third-order valence-corrected chi connectivity index (χ3v) is 3.57. The van der Waals surface area contributed by atoms with Crippen LogP contribution in [-0.2, 0) is 7.05 Å². The van der Waals surface area contributed by atoms with Gasteiger partial charge in [-0.1, -0.05) is 12.1 Å². The van der Waals surface area contributed by atoms with Gasteiger partial charge in [0.15, 0.2) is 5.82 Å². The van der Waals surface area contributed by atoms with Gasteiger partial charge in [0.05, 0.1) is 17.2 Å². The summed E-state index contributed by atoms with van der Waals surface area (Å²) in [6.45, 7) is 1.66. The Morgan fingerprint density at radius 2 is 1.96 bits per heavy atom. The van der Waals surface area contributed by atoms with Gasteiger partial charge in [0.1, 0.15) is 11.3 Å². The molecule has 1 aromatic carbocycles. The van der Waals surface area contributed by atoms with Crippen LogP contribution in [0.2, 0.25) is 0 Å². The number of amides is 1. The number of nitrogens with one attached hydrogen (secondary N) is 1. The summed E-state index contributed by atoms with van der Waals surface area (Å²) in [5.41, 5.74) is 0.960. The van der Waals surface area contributed by atoms with E-state index in [0.717, 1.165) is 0 Å². The van der Waals surface area contributed by atoms with Crippen LogP contribution in [0.1, 0.15) is 16.1 Å². The van der Waals surface area contributed by atoms with Gasteiger partial charge < -0.3 is 15.0 Å². The first kappa shape index (κ1) is 14.7. The minimum atomic E-state index is -0.729. The first-order valence-corrected chi connectivity index (χ1v) is 6.90. The quantitative estimate of drug-likeness (QED) is 0.749. The number of benzene rings is 1. The lowest BCUT2D eigenvalue weighted by atomic mass is 10.2. The van der Waals surface area contributed by atoms with Crippen LogP contribution in [-0.4, -0.2) is 25.5 Å². The van der Waals surface area contributed by atoms with Crippen LogP contribution in [0.4, 0.5) is 5.82 Å². The summed E-state index contributed by atoms with van der Waals surface area (Å²) < 4.78 is 1.29. The predicted molar refractivity (Wildman–Crippen MR) is 85.6 cm³/mol. The molecule has 0 aliphatic carbocycles.